The van der Waals surface area contributed by atoms with Gasteiger partial charge in [-0.2, -0.15) is 0 Å². The van der Waals surface area contributed by atoms with Crippen molar-refractivity contribution in [2.75, 3.05) is 0 Å². The van der Waals surface area contributed by atoms with E-state index >= 15 is 0 Å². The third kappa shape index (κ3) is 1.64. The van der Waals surface area contributed by atoms with Gasteiger partial charge in [0, 0.05) is 11.8 Å². The van der Waals surface area contributed by atoms with Crippen molar-refractivity contribution in [1.82, 2.24) is 4.98 Å². The van der Waals surface area contributed by atoms with Gasteiger partial charge in [-0.3, -0.25) is 4.98 Å². The van der Waals surface area contributed by atoms with Crippen LogP contribution in [0.5, 0.6) is 0 Å². The summed E-state index contributed by atoms with van der Waals surface area (Å²) in [7, 11) is 0. The Morgan fingerprint density at radius 1 is 1.07 bits per heavy atom. The smallest absolute Gasteiger partial charge is 0.0890 e. The Balaban J connectivity index is 2.58. The molecule has 0 aliphatic rings. The normalized spacial score (nSPS) is 10.1. The quantitative estimate of drug-likeness (QED) is 0.689. The lowest BCUT2D eigenvalue weighted by Gasteiger charge is -2.04. The molecule has 0 amide bonds. The van der Waals surface area contributed by atoms with Crippen LogP contribution in [-0.4, -0.2) is 4.98 Å². The SMILES string of the molecule is Cc1ccnc(-c2ccccc2)c1Cl. The molecule has 0 saturated heterocycles. The van der Waals surface area contributed by atoms with E-state index in [1.165, 1.54) is 0 Å². The highest BCUT2D eigenvalue weighted by Gasteiger charge is 2.05. The molecule has 0 atom stereocenters. The lowest BCUT2D eigenvalue weighted by Crippen LogP contribution is -1.86. The lowest BCUT2D eigenvalue weighted by atomic mass is 10.1. The number of hydrogen-bond acceptors (Lipinski definition) is 1. The van der Waals surface area contributed by atoms with Crippen molar-refractivity contribution in [3.63, 3.8) is 0 Å². The van der Waals surface area contributed by atoms with E-state index in [9.17, 15) is 0 Å². The topological polar surface area (TPSA) is 12.9 Å². The maximum Gasteiger partial charge on any atom is 0.0890 e. The van der Waals surface area contributed by atoms with Gasteiger partial charge in [-0.1, -0.05) is 41.9 Å². The Morgan fingerprint density at radius 3 is 2.50 bits per heavy atom. The molecule has 2 heteroatoms. The summed E-state index contributed by atoms with van der Waals surface area (Å²) in [5.74, 6) is 0. The van der Waals surface area contributed by atoms with E-state index in [2.05, 4.69) is 4.98 Å². The minimum absolute atomic E-state index is 0.735. The zero-order valence-corrected chi connectivity index (χ0v) is 8.62. The van der Waals surface area contributed by atoms with Crippen LogP contribution in [0.25, 0.3) is 11.3 Å². The minimum atomic E-state index is 0.735. The van der Waals surface area contributed by atoms with Gasteiger partial charge in [0.15, 0.2) is 0 Å². The first-order chi connectivity index (χ1) is 6.79. The number of aromatic nitrogens is 1. The predicted octanol–water partition coefficient (Wildman–Crippen LogP) is 3.71. The molecular weight excluding hydrogens is 194 g/mol. The van der Waals surface area contributed by atoms with Crippen molar-refractivity contribution in [2.45, 2.75) is 6.92 Å². The van der Waals surface area contributed by atoms with Crippen molar-refractivity contribution in [2.24, 2.45) is 0 Å². The third-order valence-corrected chi connectivity index (χ3v) is 2.61. The van der Waals surface area contributed by atoms with Gasteiger partial charge in [-0.25, -0.2) is 0 Å². The molecule has 0 radical (unpaired) electrons. The maximum absolute atomic E-state index is 6.17. The van der Waals surface area contributed by atoms with Crippen LogP contribution in [0.2, 0.25) is 5.02 Å². The van der Waals surface area contributed by atoms with E-state index in [-0.39, 0.29) is 0 Å². The second kappa shape index (κ2) is 3.81. The summed E-state index contributed by atoms with van der Waals surface area (Å²) in [6.45, 7) is 1.98. The van der Waals surface area contributed by atoms with Crippen molar-refractivity contribution >= 4 is 11.6 Å². The molecule has 14 heavy (non-hydrogen) atoms. The van der Waals surface area contributed by atoms with Crippen LogP contribution in [0.1, 0.15) is 5.56 Å². The Bertz CT molecular complexity index is 437. The van der Waals surface area contributed by atoms with Gasteiger partial charge in [-0.15, -0.1) is 0 Å². The summed E-state index contributed by atoms with van der Waals surface area (Å²) < 4.78 is 0. The van der Waals surface area contributed by atoms with Gasteiger partial charge < -0.3 is 0 Å². The molecule has 0 N–H and O–H groups in total. The molecule has 2 rings (SSSR count). The van der Waals surface area contributed by atoms with Crippen molar-refractivity contribution in [3.8, 4) is 11.3 Å². The Hall–Kier alpha value is -1.34. The van der Waals surface area contributed by atoms with E-state index in [1.54, 1.807) is 6.20 Å². The molecule has 0 saturated carbocycles. The number of benzene rings is 1. The van der Waals surface area contributed by atoms with Gasteiger partial charge in [0.05, 0.1) is 10.7 Å². The molecule has 1 nitrogen and oxygen atoms in total. The number of rotatable bonds is 1. The number of aryl methyl sites for hydroxylation is 1. The summed E-state index contributed by atoms with van der Waals surface area (Å²) in [6, 6.07) is 11.9. The second-order valence-electron chi connectivity index (χ2n) is 3.16. The molecule has 0 unspecified atom stereocenters. The van der Waals surface area contributed by atoms with E-state index in [1.807, 2.05) is 43.3 Å². The van der Waals surface area contributed by atoms with E-state index in [0.29, 0.717) is 0 Å². The maximum atomic E-state index is 6.17. The van der Waals surface area contributed by atoms with Crippen LogP contribution in [0.4, 0.5) is 0 Å². The average Bonchev–Trinajstić information content (AvgIpc) is 2.23. The molecule has 0 spiro atoms. The summed E-state index contributed by atoms with van der Waals surface area (Å²) in [6.07, 6.45) is 1.78. The summed E-state index contributed by atoms with van der Waals surface area (Å²) in [5.41, 5.74) is 2.97. The first-order valence-electron chi connectivity index (χ1n) is 4.45. The highest BCUT2D eigenvalue weighted by molar-refractivity contribution is 6.33. The zero-order valence-electron chi connectivity index (χ0n) is 7.87. The summed E-state index contributed by atoms with van der Waals surface area (Å²) >= 11 is 6.17. The molecule has 0 aliphatic carbocycles. The largest absolute Gasteiger partial charge is 0.255 e. The Labute approximate surface area is 88.4 Å². The molecule has 70 valence electrons. The molecule has 1 aromatic carbocycles. The van der Waals surface area contributed by atoms with Gasteiger partial charge in [-0.05, 0) is 18.6 Å². The Kier molecular flexibility index (Phi) is 2.51. The first kappa shape index (κ1) is 9.22. The standard InChI is InChI=1S/C12H10ClN/c1-9-7-8-14-12(11(9)13)10-5-3-2-4-6-10/h2-8H,1H3. The summed E-state index contributed by atoms with van der Waals surface area (Å²) in [4.78, 5) is 4.28. The van der Waals surface area contributed by atoms with Crippen molar-refractivity contribution < 1.29 is 0 Å². The fraction of sp³-hybridized carbons (Fsp3) is 0.0833. The van der Waals surface area contributed by atoms with Crippen molar-refractivity contribution in [1.29, 1.82) is 0 Å². The monoisotopic (exact) mass is 203 g/mol. The van der Waals surface area contributed by atoms with E-state index < -0.39 is 0 Å². The van der Waals surface area contributed by atoms with Crippen LogP contribution < -0.4 is 0 Å². The molecule has 1 aromatic heterocycles. The third-order valence-electron chi connectivity index (χ3n) is 2.13. The predicted molar refractivity (Wildman–Crippen MR) is 59.4 cm³/mol. The van der Waals surface area contributed by atoms with Crippen LogP contribution in [0.15, 0.2) is 42.6 Å². The van der Waals surface area contributed by atoms with E-state index in [0.717, 1.165) is 21.8 Å². The van der Waals surface area contributed by atoms with Crippen LogP contribution in [0, 0.1) is 6.92 Å². The molecule has 0 aliphatic heterocycles. The molecule has 1 heterocycles. The average molecular weight is 204 g/mol. The van der Waals surface area contributed by atoms with Crippen molar-refractivity contribution in [3.05, 3.63) is 53.2 Å². The zero-order chi connectivity index (χ0) is 9.97. The molecule has 0 bridgehead atoms. The molecule has 0 fully saturated rings. The highest BCUT2D eigenvalue weighted by Crippen LogP contribution is 2.27. The number of halogens is 1. The first-order valence-corrected chi connectivity index (χ1v) is 4.83. The van der Waals surface area contributed by atoms with Gasteiger partial charge in [0.2, 0.25) is 0 Å². The number of hydrogen-bond donors (Lipinski definition) is 0. The highest BCUT2D eigenvalue weighted by atomic mass is 35.5. The fourth-order valence-corrected chi connectivity index (χ4v) is 1.56. The van der Waals surface area contributed by atoms with Gasteiger partial charge in [0.1, 0.15) is 0 Å². The van der Waals surface area contributed by atoms with Gasteiger partial charge >= 0.3 is 0 Å². The molecular formula is C12H10ClN. The number of pyridine rings is 1. The van der Waals surface area contributed by atoms with Gasteiger partial charge in [0.25, 0.3) is 0 Å². The minimum Gasteiger partial charge on any atom is -0.255 e. The number of nitrogens with zero attached hydrogens (tertiary/aromatic N) is 1. The molecule has 2 aromatic rings. The second-order valence-corrected chi connectivity index (χ2v) is 3.53. The van der Waals surface area contributed by atoms with Crippen LogP contribution >= 0.6 is 11.6 Å². The van der Waals surface area contributed by atoms with E-state index in [4.69, 9.17) is 11.6 Å². The Morgan fingerprint density at radius 2 is 1.79 bits per heavy atom. The lowest BCUT2D eigenvalue weighted by molar-refractivity contribution is 1.29. The van der Waals surface area contributed by atoms with Crippen LogP contribution in [0.3, 0.4) is 0 Å². The summed E-state index contributed by atoms with van der Waals surface area (Å²) in [5, 5.41) is 0.735. The van der Waals surface area contributed by atoms with Crippen LogP contribution in [-0.2, 0) is 0 Å². The fourth-order valence-electron chi connectivity index (χ4n) is 1.34.